The molecule has 0 N–H and O–H groups in total. The third-order valence-corrected chi connectivity index (χ3v) is 12.0. The molecule has 0 spiro atoms. The molecule has 0 radical (unpaired) electrons. The minimum Gasteiger partial charge on any atom is -0.491 e. The largest absolute Gasteiger partial charge is 0.491 e. The van der Waals surface area contributed by atoms with Gasteiger partial charge in [0.15, 0.2) is 14.3 Å². The molecule has 36 heavy (non-hydrogen) atoms. The summed E-state index contributed by atoms with van der Waals surface area (Å²) in [6.07, 6.45) is 7.03. The molecule has 0 saturated heterocycles. The summed E-state index contributed by atoms with van der Waals surface area (Å²) < 4.78 is 15.9. The summed E-state index contributed by atoms with van der Waals surface area (Å²) in [7, 11) is -0.0682. The highest BCUT2D eigenvalue weighted by molar-refractivity contribution is 7.50. The number of thiophene rings is 1. The lowest BCUT2D eigenvalue weighted by Crippen LogP contribution is -2.57. The number of ether oxygens (including phenoxy) is 2. The molecule has 4 fully saturated rings. The van der Waals surface area contributed by atoms with Gasteiger partial charge < -0.3 is 9.47 Å². The van der Waals surface area contributed by atoms with Gasteiger partial charge in [-0.25, -0.2) is 0 Å². The smallest absolute Gasteiger partial charge is 0.187 e. The summed E-state index contributed by atoms with van der Waals surface area (Å²) in [4.78, 5) is 1.38. The second kappa shape index (κ2) is 8.60. The van der Waals surface area contributed by atoms with Crippen molar-refractivity contribution in [3.05, 3.63) is 71.8 Å². The highest BCUT2D eigenvalue weighted by atomic mass is 32.2. The Kier molecular flexibility index (Phi) is 5.45. The van der Waals surface area contributed by atoms with Crippen molar-refractivity contribution in [1.82, 2.24) is 0 Å². The van der Waals surface area contributed by atoms with E-state index in [4.69, 9.17) is 9.47 Å². The molecule has 1 aromatic heterocycles. The Morgan fingerprint density at radius 3 is 1.83 bits per heavy atom. The maximum atomic E-state index is 6.67. The highest BCUT2D eigenvalue weighted by Gasteiger charge is 2.55. The number of hydrogen-bond donors (Lipinski definition) is 0. The number of hydrogen-bond acceptors (Lipinski definition) is 2. The van der Waals surface area contributed by atoms with E-state index >= 15 is 0 Å². The van der Waals surface area contributed by atoms with Crippen LogP contribution >= 0.6 is 10.5 Å². The Balaban J connectivity index is 1.10. The summed E-state index contributed by atoms with van der Waals surface area (Å²) in [6, 6.07) is 22.5. The SMILES string of the molecule is Cc1cc(-[s+]2c3ccccc3c3ccccc32)cc(C)c1OCCOC1(C)C2CC3CC(C2)CC1C3. The van der Waals surface area contributed by atoms with Crippen molar-refractivity contribution in [2.45, 2.75) is 58.5 Å². The molecule has 4 saturated carbocycles. The van der Waals surface area contributed by atoms with Crippen LogP contribution in [0, 0.1) is 37.5 Å². The monoisotopic (exact) mass is 497 g/mol. The molecule has 0 aliphatic heterocycles. The van der Waals surface area contributed by atoms with Crippen LogP contribution < -0.4 is 4.74 Å². The van der Waals surface area contributed by atoms with E-state index in [1.165, 1.54) is 68.3 Å². The van der Waals surface area contributed by atoms with Crippen LogP contribution in [0.4, 0.5) is 0 Å². The van der Waals surface area contributed by atoms with Crippen molar-refractivity contribution in [2.75, 3.05) is 13.2 Å². The van der Waals surface area contributed by atoms with Gasteiger partial charge in [-0.15, -0.1) is 0 Å². The molecule has 4 bridgehead atoms. The minimum atomic E-state index is -0.0682. The quantitative estimate of drug-likeness (QED) is 0.195. The van der Waals surface area contributed by atoms with Crippen LogP contribution in [0.1, 0.15) is 50.2 Å². The topological polar surface area (TPSA) is 18.5 Å². The number of rotatable bonds is 6. The zero-order chi connectivity index (χ0) is 24.4. The zero-order valence-electron chi connectivity index (χ0n) is 21.8. The van der Waals surface area contributed by atoms with Gasteiger partial charge in [-0.1, -0.05) is 24.3 Å². The third kappa shape index (κ3) is 3.54. The molecular formula is C33H37O2S+. The fourth-order valence-electron chi connectivity index (χ4n) is 8.12. The van der Waals surface area contributed by atoms with Gasteiger partial charge in [0.05, 0.1) is 12.2 Å². The molecule has 2 nitrogen and oxygen atoms in total. The van der Waals surface area contributed by atoms with Crippen LogP contribution in [-0.2, 0) is 4.74 Å². The van der Waals surface area contributed by atoms with Crippen LogP contribution in [0.2, 0.25) is 0 Å². The number of aryl methyl sites for hydroxylation is 2. The predicted octanol–water partition coefficient (Wildman–Crippen LogP) is 8.96. The van der Waals surface area contributed by atoms with Gasteiger partial charge in [-0.2, -0.15) is 0 Å². The first-order chi connectivity index (χ1) is 17.5. The minimum absolute atomic E-state index is 0.0646. The molecular weight excluding hydrogens is 460 g/mol. The van der Waals surface area contributed by atoms with E-state index in [-0.39, 0.29) is 16.1 Å². The maximum Gasteiger partial charge on any atom is 0.187 e. The molecule has 4 aromatic rings. The van der Waals surface area contributed by atoms with Gasteiger partial charge in [-0.3, -0.25) is 0 Å². The summed E-state index contributed by atoms with van der Waals surface area (Å²) >= 11 is 0. The van der Waals surface area contributed by atoms with E-state index in [0.29, 0.717) is 13.2 Å². The Labute approximate surface area is 217 Å². The third-order valence-electron chi connectivity index (χ3n) is 9.68. The van der Waals surface area contributed by atoms with Gasteiger partial charge in [-0.05, 0) is 112 Å². The summed E-state index contributed by atoms with van der Waals surface area (Å²) in [5.74, 6) is 4.50. The molecule has 8 rings (SSSR count). The van der Waals surface area contributed by atoms with Gasteiger partial charge in [0, 0.05) is 33.4 Å². The Morgan fingerprint density at radius 2 is 1.28 bits per heavy atom. The van der Waals surface area contributed by atoms with Crippen LogP contribution in [0.5, 0.6) is 5.75 Å². The van der Waals surface area contributed by atoms with Crippen LogP contribution in [0.15, 0.2) is 60.7 Å². The van der Waals surface area contributed by atoms with E-state index in [0.717, 1.165) is 29.4 Å². The molecule has 3 heteroatoms. The molecule has 3 aromatic carbocycles. The Bertz CT molecular complexity index is 1340. The molecule has 1 heterocycles. The van der Waals surface area contributed by atoms with E-state index in [1.54, 1.807) is 0 Å². The van der Waals surface area contributed by atoms with E-state index in [2.05, 4.69) is 81.4 Å². The van der Waals surface area contributed by atoms with Gasteiger partial charge in [0.1, 0.15) is 12.4 Å². The normalized spacial score (nSPS) is 28.9. The van der Waals surface area contributed by atoms with Crippen molar-refractivity contribution < 1.29 is 9.47 Å². The first-order valence-corrected chi connectivity index (χ1v) is 15.0. The van der Waals surface area contributed by atoms with Gasteiger partial charge in [0.2, 0.25) is 0 Å². The first-order valence-electron chi connectivity index (χ1n) is 13.8. The van der Waals surface area contributed by atoms with Crippen molar-refractivity contribution in [3.63, 3.8) is 0 Å². The van der Waals surface area contributed by atoms with E-state index in [9.17, 15) is 0 Å². The number of fused-ring (bicyclic) bond motifs is 3. The number of benzene rings is 3. The fraction of sp³-hybridized carbons (Fsp3) is 0.455. The second-order valence-electron chi connectivity index (χ2n) is 11.9. The maximum absolute atomic E-state index is 6.67. The molecule has 0 atom stereocenters. The van der Waals surface area contributed by atoms with Crippen LogP contribution in [-0.4, -0.2) is 18.8 Å². The van der Waals surface area contributed by atoms with Crippen LogP contribution in [0.25, 0.3) is 25.1 Å². The van der Waals surface area contributed by atoms with E-state index < -0.39 is 0 Å². The standard InChI is InChI=1S/C33H37O2S/c1-21-14-27(36-30-10-6-4-8-28(30)29-9-5-7-11-31(29)36)15-22(2)32(21)34-12-13-35-33(3)25-17-23-16-24(19-25)20-26(33)18-23/h4-11,14-15,23-26H,12-13,16-20H2,1-3H3/q+1. The first kappa shape index (κ1) is 22.8. The molecule has 4 aliphatic carbocycles. The molecule has 4 aliphatic rings. The summed E-state index contributed by atoms with van der Waals surface area (Å²) in [6.45, 7) is 8.11. The lowest BCUT2D eigenvalue weighted by Gasteiger charge is -2.59. The molecule has 0 unspecified atom stereocenters. The highest BCUT2D eigenvalue weighted by Crippen LogP contribution is 2.59. The fourth-order valence-corrected chi connectivity index (χ4v) is 10.7. The molecule has 186 valence electrons. The van der Waals surface area contributed by atoms with Crippen LogP contribution in [0.3, 0.4) is 0 Å². The van der Waals surface area contributed by atoms with Crippen molar-refractivity contribution in [3.8, 4) is 10.6 Å². The Hall–Kier alpha value is -2.36. The predicted molar refractivity (Wildman–Crippen MR) is 152 cm³/mol. The summed E-state index contributed by atoms with van der Waals surface area (Å²) in [5.41, 5.74) is 2.51. The summed E-state index contributed by atoms with van der Waals surface area (Å²) in [5, 5.41) is 2.75. The van der Waals surface area contributed by atoms with Gasteiger partial charge >= 0.3 is 0 Å². The Morgan fingerprint density at radius 1 is 0.750 bits per heavy atom. The zero-order valence-corrected chi connectivity index (χ0v) is 22.6. The molecule has 0 amide bonds. The average molecular weight is 498 g/mol. The van der Waals surface area contributed by atoms with Crippen molar-refractivity contribution >= 4 is 30.6 Å². The lowest BCUT2D eigenvalue weighted by molar-refractivity contribution is -0.196. The van der Waals surface area contributed by atoms with Crippen molar-refractivity contribution in [2.24, 2.45) is 23.7 Å². The lowest BCUT2D eigenvalue weighted by atomic mass is 9.50. The van der Waals surface area contributed by atoms with Gasteiger partial charge in [0.25, 0.3) is 0 Å². The second-order valence-corrected chi connectivity index (χ2v) is 13.8. The van der Waals surface area contributed by atoms with Crippen molar-refractivity contribution in [1.29, 1.82) is 0 Å². The average Bonchev–Trinajstić information content (AvgIpc) is 3.20. The van der Waals surface area contributed by atoms with E-state index in [1.807, 2.05) is 0 Å².